The van der Waals surface area contributed by atoms with Crippen LogP contribution in [0.3, 0.4) is 0 Å². The molecule has 1 rings (SSSR count). The fourth-order valence-corrected chi connectivity index (χ4v) is 4.07. The summed E-state index contributed by atoms with van der Waals surface area (Å²) in [6, 6.07) is -1.56. The second kappa shape index (κ2) is 13.5. The predicted octanol–water partition coefficient (Wildman–Crippen LogP) is 3.46. The van der Waals surface area contributed by atoms with Crippen LogP contribution in [0.4, 0.5) is 4.79 Å². The molecule has 196 valence electrons. The number of hydrogen-bond donors (Lipinski definition) is 4. The van der Waals surface area contributed by atoms with Crippen molar-refractivity contribution in [1.29, 1.82) is 0 Å². The molecule has 3 amide bonds. The SMILES string of the molecule is CCC(C)[C@H](NC(=O)C1CCC(CNC(=O)[C@@H](NC(=O)OC(C)(C)C)C(C)CC)CC1)C(=O)O. The van der Waals surface area contributed by atoms with Crippen molar-refractivity contribution in [2.24, 2.45) is 23.7 Å². The van der Waals surface area contributed by atoms with Crippen molar-refractivity contribution in [2.45, 2.75) is 105 Å². The quantitative estimate of drug-likeness (QED) is 0.356. The van der Waals surface area contributed by atoms with E-state index in [1.54, 1.807) is 20.8 Å². The topological polar surface area (TPSA) is 134 Å². The second-order valence-electron chi connectivity index (χ2n) is 10.7. The molecule has 1 aliphatic carbocycles. The lowest BCUT2D eigenvalue weighted by molar-refractivity contribution is -0.144. The smallest absolute Gasteiger partial charge is 0.408 e. The number of carboxylic acid groups (broad SMARTS) is 1. The van der Waals surface area contributed by atoms with E-state index in [1.807, 2.05) is 27.7 Å². The molecule has 0 aliphatic heterocycles. The van der Waals surface area contributed by atoms with E-state index in [2.05, 4.69) is 16.0 Å². The van der Waals surface area contributed by atoms with Gasteiger partial charge in [0.2, 0.25) is 11.8 Å². The zero-order chi connectivity index (χ0) is 26.1. The molecule has 0 bridgehead atoms. The number of carbonyl (C=O) groups is 4. The second-order valence-corrected chi connectivity index (χ2v) is 10.7. The van der Waals surface area contributed by atoms with Gasteiger partial charge in [-0.25, -0.2) is 9.59 Å². The first-order valence-corrected chi connectivity index (χ1v) is 12.6. The minimum absolute atomic E-state index is 0.0559. The maximum atomic E-state index is 12.8. The molecule has 9 nitrogen and oxygen atoms in total. The standard InChI is InChI=1S/C25H45N3O6/c1-8-15(3)19(28-24(33)34-25(5,6)7)22(30)26-14-17-10-12-18(13-11-17)21(29)27-20(23(31)32)16(4)9-2/h15-20H,8-14H2,1-7H3,(H,26,30)(H,27,29)(H,28,33)(H,31,32)/t15?,16?,17?,18?,19-,20-/m0/s1. The highest BCUT2D eigenvalue weighted by molar-refractivity contribution is 5.86. The monoisotopic (exact) mass is 483 g/mol. The van der Waals surface area contributed by atoms with Crippen molar-refractivity contribution in [3.05, 3.63) is 0 Å². The Kier molecular flexibility index (Phi) is 11.8. The van der Waals surface area contributed by atoms with Gasteiger partial charge >= 0.3 is 12.1 Å². The molecule has 1 fully saturated rings. The van der Waals surface area contributed by atoms with Crippen LogP contribution in [0.2, 0.25) is 0 Å². The zero-order valence-electron chi connectivity index (χ0n) is 21.9. The summed E-state index contributed by atoms with van der Waals surface area (Å²) in [4.78, 5) is 49.1. The van der Waals surface area contributed by atoms with Gasteiger partial charge in [-0.05, 0) is 64.2 Å². The van der Waals surface area contributed by atoms with Gasteiger partial charge in [-0.1, -0.05) is 40.5 Å². The lowest BCUT2D eigenvalue weighted by atomic mass is 9.81. The van der Waals surface area contributed by atoms with Crippen LogP contribution in [-0.4, -0.2) is 53.2 Å². The normalized spacial score (nSPS) is 22.0. The molecule has 4 atom stereocenters. The lowest BCUT2D eigenvalue weighted by Gasteiger charge is -2.30. The molecule has 9 heteroatoms. The number of nitrogens with one attached hydrogen (secondary N) is 3. The van der Waals surface area contributed by atoms with Gasteiger partial charge in [0, 0.05) is 12.5 Å². The minimum Gasteiger partial charge on any atom is -0.480 e. The highest BCUT2D eigenvalue weighted by atomic mass is 16.6. The van der Waals surface area contributed by atoms with Gasteiger partial charge in [0.1, 0.15) is 17.7 Å². The van der Waals surface area contributed by atoms with E-state index >= 15 is 0 Å². The molecule has 0 spiro atoms. The molecule has 0 heterocycles. The van der Waals surface area contributed by atoms with E-state index in [1.165, 1.54) is 0 Å². The van der Waals surface area contributed by atoms with Gasteiger partial charge in [-0.15, -0.1) is 0 Å². The highest BCUT2D eigenvalue weighted by Crippen LogP contribution is 2.29. The molecule has 0 aromatic carbocycles. The van der Waals surface area contributed by atoms with E-state index in [0.29, 0.717) is 25.8 Å². The van der Waals surface area contributed by atoms with Crippen molar-refractivity contribution >= 4 is 23.9 Å². The Morgan fingerprint density at radius 3 is 1.91 bits per heavy atom. The Labute approximate surface area is 204 Å². The summed E-state index contributed by atoms with van der Waals surface area (Å²) in [7, 11) is 0. The lowest BCUT2D eigenvalue weighted by Crippen LogP contribution is -2.52. The van der Waals surface area contributed by atoms with Crippen molar-refractivity contribution in [3.8, 4) is 0 Å². The number of carboxylic acids is 1. The third-order valence-electron chi connectivity index (χ3n) is 6.73. The van der Waals surface area contributed by atoms with Crippen LogP contribution in [0.5, 0.6) is 0 Å². The largest absolute Gasteiger partial charge is 0.480 e. The molecule has 1 saturated carbocycles. The molecule has 34 heavy (non-hydrogen) atoms. The summed E-state index contributed by atoms with van der Waals surface area (Å²) in [6.07, 6.45) is 3.64. The number of amides is 3. The maximum absolute atomic E-state index is 12.8. The number of ether oxygens (including phenoxy) is 1. The highest BCUT2D eigenvalue weighted by Gasteiger charge is 2.32. The predicted molar refractivity (Wildman–Crippen MR) is 130 cm³/mol. The van der Waals surface area contributed by atoms with Gasteiger partial charge in [0.15, 0.2) is 0 Å². The molecule has 2 unspecified atom stereocenters. The molecular weight excluding hydrogens is 438 g/mol. The van der Waals surface area contributed by atoms with E-state index in [9.17, 15) is 24.3 Å². The summed E-state index contributed by atoms with van der Waals surface area (Å²) in [5.74, 6) is -1.61. The maximum Gasteiger partial charge on any atom is 0.408 e. The third-order valence-corrected chi connectivity index (χ3v) is 6.73. The average molecular weight is 484 g/mol. The Hall–Kier alpha value is -2.32. The number of rotatable bonds is 11. The fourth-order valence-electron chi connectivity index (χ4n) is 4.07. The number of carbonyl (C=O) groups excluding carboxylic acids is 3. The minimum atomic E-state index is -1.00. The average Bonchev–Trinajstić information content (AvgIpc) is 2.77. The van der Waals surface area contributed by atoms with Crippen LogP contribution in [0.1, 0.15) is 87.0 Å². The zero-order valence-corrected chi connectivity index (χ0v) is 21.9. The van der Waals surface area contributed by atoms with Crippen LogP contribution >= 0.6 is 0 Å². The molecular formula is C25H45N3O6. The first-order chi connectivity index (χ1) is 15.8. The number of hydrogen-bond acceptors (Lipinski definition) is 5. The van der Waals surface area contributed by atoms with Crippen molar-refractivity contribution in [1.82, 2.24) is 16.0 Å². The van der Waals surface area contributed by atoms with Crippen LogP contribution < -0.4 is 16.0 Å². The van der Waals surface area contributed by atoms with E-state index < -0.39 is 29.7 Å². The van der Waals surface area contributed by atoms with E-state index in [0.717, 1.165) is 19.3 Å². The van der Waals surface area contributed by atoms with Gasteiger partial charge in [-0.3, -0.25) is 9.59 Å². The van der Waals surface area contributed by atoms with Crippen LogP contribution in [-0.2, 0) is 19.1 Å². The first kappa shape index (κ1) is 29.7. The van der Waals surface area contributed by atoms with Crippen molar-refractivity contribution < 1.29 is 29.0 Å². The summed E-state index contributed by atoms with van der Waals surface area (Å²) in [6.45, 7) is 13.4. The molecule has 1 aliphatic rings. The van der Waals surface area contributed by atoms with Crippen molar-refractivity contribution in [2.75, 3.05) is 6.54 Å². The Bertz CT molecular complexity index is 697. The summed E-state index contributed by atoms with van der Waals surface area (Å²) < 4.78 is 5.30. The number of aliphatic carboxylic acids is 1. The van der Waals surface area contributed by atoms with Crippen LogP contribution in [0.15, 0.2) is 0 Å². The van der Waals surface area contributed by atoms with E-state index in [-0.39, 0.29) is 35.5 Å². The Morgan fingerprint density at radius 1 is 0.912 bits per heavy atom. The number of alkyl carbamates (subject to hydrolysis) is 1. The first-order valence-electron chi connectivity index (χ1n) is 12.6. The molecule has 0 aromatic heterocycles. The van der Waals surface area contributed by atoms with Gasteiger partial charge in [-0.2, -0.15) is 0 Å². The van der Waals surface area contributed by atoms with Crippen LogP contribution in [0, 0.1) is 23.7 Å². The Balaban J connectivity index is 2.56. The Morgan fingerprint density at radius 2 is 1.44 bits per heavy atom. The summed E-state index contributed by atoms with van der Waals surface area (Å²) in [5.41, 5.74) is -0.648. The molecule has 0 saturated heterocycles. The van der Waals surface area contributed by atoms with Gasteiger partial charge in [0.25, 0.3) is 0 Å². The van der Waals surface area contributed by atoms with Crippen molar-refractivity contribution in [3.63, 3.8) is 0 Å². The fraction of sp³-hybridized carbons (Fsp3) is 0.840. The van der Waals surface area contributed by atoms with Gasteiger partial charge in [0.05, 0.1) is 0 Å². The molecule has 4 N–H and O–H groups in total. The summed E-state index contributed by atoms with van der Waals surface area (Å²) in [5, 5.41) is 17.8. The van der Waals surface area contributed by atoms with Gasteiger partial charge < -0.3 is 25.8 Å². The third kappa shape index (κ3) is 9.89. The molecule has 0 radical (unpaired) electrons. The molecule has 0 aromatic rings. The summed E-state index contributed by atoms with van der Waals surface area (Å²) >= 11 is 0. The van der Waals surface area contributed by atoms with E-state index in [4.69, 9.17) is 4.74 Å². The van der Waals surface area contributed by atoms with Crippen LogP contribution in [0.25, 0.3) is 0 Å².